The first-order valence-corrected chi connectivity index (χ1v) is 9.21. The van der Waals surface area contributed by atoms with E-state index in [0.717, 1.165) is 18.6 Å². The van der Waals surface area contributed by atoms with E-state index in [1.165, 1.54) is 6.07 Å². The number of hydrogen-bond donors (Lipinski definition) is 2. The van der Waals surface area contributed by atoms with Gasteiger partial charge in [-0.2, -0.15) is 11.8 Å². The average Bonchev–Trinajstić information content (AvgIpc) is 2.82. The number of nitrogens with zero attached hydrogens (tertiary/aromatic N) is 1. The molecule has 2 N–H and O–H groups in total. The van der Waals surface area contributed by atoms with Gasteiger partial charge in [0.25, 0.3) is 0 Å². The van der Waals surface area contributed by atoms with Gasteiger partial charge in [-0.25, -0.2) is 13.1 Å². The first-order chi connectivity index (χ1) is 9.05. The molecule has 1 aromatic rings. The van der Waals surface area contributed by atoms with Crippen LogP contribution in [0.25, 0.3) is 0 Å². The summed E-state index contributed by atoms with van der Waals surface area (Å²) in [5.74, 6) is 1.04. The Balaban J connectivity index is 2.64. The number of aliphatic hydroxyl groups excluding tert-OH is 1. The Morgan fingerprint density at radius 3 is 2.68 bits per heavy atom. The molecule has 0 aliphatic heterocycles. The number of unbranched alkanes of at least 4 members (excludes halogenated alkanes) is 1. The van der Waals surface area contributed by atoms with E-state index >= 15 is 0 Å². The summed E-state index contributed by atoms with van der Waals surface area (Å²) in [6.07, 6.45) is 5.44. The highest BCUT2D eigenvalue weighted by Crippen LogP contribution is 2.14. The third-order valence-electron chi connectivity index (χ3n) is 2.84. The summed E-state index contributed by atoms with van der Waals surface area (Å²) in [6.45, 7) is 2.84. The lowest BCUT2D eigenvalue weighted by Crippen LogP contribution is -2.24. The molecule has 0 bridgehead atoms. The van der Waals surface area contributed by atoms with E-state index in [1.54, 1.807) is 22.5 Å². The topological polar surface area (TPSA) is 71.3 Å². The molecule has 1 rings (SSSR count). The second kappa shape index (κ2) is 7.94. The third kappa shape index (κ3) is 4.83. The van der Waals surface area contributed by atoms with Gasteiger partial charge in [0.05, 0.1) is 11.5 Å². The van der Waals surface area contributed by atoms with Crippen LogP contribution in [0.4, 0.5) is 0 Å². The molecule has 1 heterocycles. The number of rotatable bonds is 9. The molecule has 5 nitrogen and oxygen atoms in total. The molecule has 1 aromatic heterocycles. The van der Waals surface area contributed by atoms with Gasteiger partial charge < -0.3 is 9.67 Å². The minimum absolute atomic E-state index is 0.156. The molecule has 0 radical (unpaired) electrons. The minimum Gasteiger partial charge on any atom is -0.390 e. The molecule has 0 amide bonds. The van der Waals surface area contributed by atoms with Gasteiger partial charge in [-0.3, -0.25) is 0 Å². The van der Waals surface area contributed by atoms with Crippen molar-refractivity contribution < 1.29 is 13.5 Å². The molecule has 19 heavy (non-hydrogen) atoms. The molecule has 0 fully saturated rings. The van der Waals surface area contributed by atoms with Crippen LogP contribution in [0.1, 0.15) is 25.5 Å². The van der Waals surface area contributed by atoms with E-state index < -0.39 is 10.0 Å². The van der Waals surface area contributed by atoms with Crippen LogP contribution in [0.5, 0.6) is 0 Å². The van der Waals surface area contributed by atoms with Crippen LogP contribution in [0.3, 0.4) is 0 Å². The summed E-state index contributed by atoms with van der Waals surface area (Å²) in [5.41, 5.74) is 0.616. The van der Waals surface area contributed by atoms with E-state index in [4.69, 9.17) is 5.11 Å². The van der Waals surface area contributed by atoms with Crippen molar-refractivity contribution in [3.05, 3.63) is 18.0 Å². The fraction of sp³-hybridized carbons (Fsp3) is 0.667. The predicted octanol–water partition coefficient (Wildman–Crippen LogP) is 1.42. The summed E-state index contributed by atoms with van der Waals surface area (Å²) < 4.78 is 28.4. The smallest absolute Gasteiger partial charge is 0.242 e. The molecule has 7 heteroatoms. The molecule has 0 aliphatic rings. The van der Waals surface area contributed by atoms with E-state index in [1.807, 2.05) is 13.2 Å². The highest BCUT2D eigenvalue weighted by Gasteiger charge is 2.17. The highest BCUT2D eigenvalue weighted by atomic mass is 32.2. The predicted molar refractivity (Wildman–Crippen MR) is 78.8 cm³/mol. The molecule has 0 unspecified atom stereocenters. The average molecular weight is 306 g/mol. The molecule has 0 atom stereocenters. The Morgan fingerprint density at radius 2 is 2.16 bits per heavy atom. The lowest BCUT2D eigenvalue weighted by Gasteiger charge is -2.04. The van der Waals surface area contributed by atoms with Crippen molar-refractivity contribution in [3.63, 3.8) is 0 Å². The molecule has 110 valence electrons. The van der Waals surface area contributed by atoms with Gasteiger partial charge in [-0.15, -0.1) is 0 Å². The Bertz CT molecular complexity index is 462. The first-order valence-electron chi connectivity index (χ1n) is 6.33. The van der Waals surface area contributed by atoms with E-state index in [9.17, 15) is 8.42 Å². The van der Waals surface area contributed by atoms with Gasteiger partial charge in [-0.05, 0) is 37.8 Å². The maximum absolute atomic E-state index is 12.1. The monoisotopic (exact) mass is 306 g/mol. The van der Waals surface area contributed by atoms with Crippen LogP contribution in [0.15, 0.2) is 17.2 Å². The molecule has 0 saturated carbocycles. The van der Waals surface area contributed by atoms with Gasteiger partial charge >= 0.3 is 0 Å². The molecule has 0 spiro atoms. The van der Waals surface area contributed by atoms with Crippen molar-refractivity contribution in [2.24, 2.45) is 0 Å². The van der Waals surface area contributed by atoms with Gasteiger partial charge in [0.15, 0.2) is 0 Å². The molecule has 0 aliphatic carbocycles. The van der Waals surface area contributed by atoms with Gasteiger partial charge in [-0.1, -0.05) is 0 Å². The zero-order valence-electron chi connectivity index (χ0n) is 11.4. The standard InChI is InChI=1S/C12H22N2O3S2/c1-3-14-9-12(8-11(14)10-15)19(16,17)13-6-4-5-7-18-2/h8-9,13,15H,3-7,10H2,1-2H3. The zero-order valence-corrected chi connectivity index (χ0v) is 13.1. The van der Waals surface area contributed by atoms with Crippen molar-refractivity contribution in [2.45, 2.75) is 37.8 Å². The first kappa shape index (κ1) is 16.6. The largest absolute Gasteiger partial charge is 0.390 e. The Morgan fingerprint density at radius 1 is 1.42 bits per heavy atom. The number of aromatic nitrogens is 1. The maximum Gasteiger partial charge on any atom is 0.242 e. The summed E-state index contributed by atoms with van der Waals surface area (Å²) in [4.78, 5) is 0.225. The fourth-order valence-corrected chi connectivity index (χ4v) is 3.39. The molecule has 0 saturated heterocycles. The number of nitrogens with one attached hydrogen (secondary N) is 1. The number of aryl methyl sites for hydroxylation is 1. The molecular formula is C12H22N2O3S2. The lowest BCUT2D eigenvalue weighted by molar-refractivity contribution is 0.271. The maximum atomic E-state index is 12.1. The SMILES string of the molecule is CCn1cc(S(=O)(=O)NCCCCSC)cc1CO. The minimum atomic E-state index is -3.46. The van der Waals surface area contributed by atoms with Crippen LogP contribution < -0.4 is 4.72 Å². The fourth-order valence-electron chi connectivity index (χ4n) is 1.76. The number of thioether (sulfide) groups is 1. The van der Waals surface area contributed by atoms with Crippen molar-refractivity contribution in [3.8, 4) is 0 Å². The second-order valence-electron chi connectivity index (χ2n) is 4.21. The van der Waals surface area contributed by atoms with Crippen LogP contribution in [-0.2, 0) is 23.2 Å². The lowest BCUT2D eigenvalue weighted by atomic mass is 10.3. The van der Waals surface area contributed by atoms with E-state index in [2.05, 4.69) is 4.72 Å². The summed E-state index contributed by atoms with van der Waals surface area (Å²) in [7, 11) is -3.46. The number of sulfonamides is 1. The van der Waals surface area contributed by atoms with E-state index in [0.29, 0.717) is 18.8 Å². The van der Waals surface area contributed by atoms with Gasteiger partial charge in [0.1, 0.15) is 0 Å². The molecule has 0 aromatic carbocycles. The van der Waals surface area contributed by atoms with Crippen LogP contribution in [0, 0.1) is 0 Å². The second-order valence-corrected chi connectivity index (χ2v) is 6.96. The summed E-state index contributed by atoms with van der Waals surface area (Å²) >= 11 is 1.76. The highest BCUT2D eigenvalue weighted by molar-refractivity contribution is 7.98. The molecular weight excluding hydrogens is 284 g/mol. The van der Waals surface area contributed by atoms with Crippen molar-refractivity contribution in [2.75, 3.05) is 18.6 Å². The van der Waals surface area contributed by atoms with Crippen LogP contribution >= 0.6 is 11.8 Å². The van der Waals surface area contributed by atoms with Crippen LogP contribution in [-0.4, -0.2) is 36.6 Å². The van der Waals surface area contributed by atoms with Gasteiger partial charge in [0, 0.05) is 25.0 Å². The Labute approximate surface area is 119 Å². The van der Waals surface area contributed by atoms with Crippen molar-refractivity contribution in [1.82, 2.24) is 9.29 Å². The Kier molecular flexibility index (Phi) is 6.92. The number of aliphatic hydroxyl groups is 1. The van der Waals surface area contributed by atoms with Crippen molar-refractivity contribution >= 4 is 21.8 Å². The summed E-state index contributed by atoms with van der Waals surface area (Å²) in [5, 5.41) is 9.16. The Hall–Kier alpha value is -0.500. The van der Waals surface area contributed by atoms with E-state index in [-0.39, 0.29) is 11.5 Å². The third-order valence-corrected chi connectivity index (χ3v) is 4.97. The van der Waals surface area contributed by atoms with Crippen LogP contribution in [0.2, 0.25) is 0 Å². The van der Waals surface area contributed by atoms with Crippen molar-refractivity contribution in [1.29, 1.82) is 0 Å². The summed E-state index contributed by atoms with van der Waals surface area (Å²) in [6, 6.07) is 1.52. The van der Waals surface area contributed by atoms with Gasteiger partial charge in [0.2, 0.25) is 10.0 Å². The number of hydrogen-bond acceptors (Lipinski definition) is 4. The zero-order chi connectivity index (χ0) is 14.3. The normalized spacial score (nSPS) is 11.9. The quantitative estimate of drug-likeness (QED) is 0.677.